The van der Waals surface area contributed by atoms with Crippen LogP contribution in [0.2, 0.25) is 0 Å². The van der Waals surface area contributed by atoms with E-state index in [4.69, 9.17) is 18.9 Å². The summed E-state index contributed by atoms with van der Waals surface area (Å²) < 4.78 is 38.1. The van der Waals surface area contributed by atoms with E-state index in [1.165, 1.54) is 6.07 Å². The number of benzene rings is 2. The molecule has 0 bridgehead atoms. The first-order valence-corrected chi connectivity index (χ1v) is 12.1. The van der Waals surface area contributed by atoms with Crippen LogP contribution in [0.5, 0.6) is 23.0 Å². The lowest BCUT2D eigenvalue weighted by Gasteiger charge is -2.27. The maximum Gasteiger partial charge on any atom is 0.182 e. The van der Waals surface area contributed by atoms with Gasteiger partial charge in [-0.2, -0.15) is 0 Å². The van der Waals surface area contributed by atoms with Gasteiger partial charge in [-0.1, -0.05) is 46.1 Å². The molecule has 0 N–H and O–H groups in total. The minimum atomic E-state index is -0.883. The predicted octanol–water partition coefficient (Wildman–Crippen LogP) is 6.61. The summed E-state index contributed by atoms with van der Waals surface area (Å²) in [5.74, 6) is 1.36. The third-order valence-electron chi connectivity index (χ3n) is 5.57. The van der Waals surface area contributed by atoms with Crippen molar-refractivity contribution in [2.24, 2.45) is 0 Å². The molecule has 2 aromatic rings. The number of hydrogen-bond donors (Lipinski definition) is 0. The maximum absolute atomic E-state index is 14.6. The molecule has 6 heteroatoms. The van der Waals surface area contributed by atoms with E-state index in [0.717, 1.165) is 44.1 Å². The van der Waals surface area contributed by atoms with Crippen LogP contribution in [0.4, 0.5) is 4.39 Å². The smallest absolute Gasteiger partial charge is 0.182 e. The van der Waals surface area contributed by atoms with E-state index < -0.39 is 11.9 Å². The molecule has 1 aliphatic rings. The molecule has 1 unspecified atom stereocenters. The first-order valence-electron chi connectivity index (χ1n) is 12.1. The minimum absolute atomic E-state index is 0.137. The van der Waals surface area contributed by atoms with Crippen molar-refractivity contribution in [3.63, 3.8) is 0 Å². The summed E-state index contributed by atoms with van der Waals surface area (Å²) in [5.41, 5.74) is 1.19. The highest BCUT2D eigenvalue weighted by Gasteiger charge is 2.32. The van der Waals surface area contributed by atoms with E-state index in [1.807, 2.05) is 13.0 Å². The average molecular weight is 459 g/mol. The third-order valence-corrected chi connectivity index (χ3v) is 5.57. The second-order valence-electron chi connectivity index (χ2n) is 8.33. The Morgan fingerprint density at radius 1 is 0.879 bits per heavy atom. The van der Waals surface area contributed by atoms with E-state index in [-0.39, 0.29) is 18.0 Å². The Balaban J connectivity index is 1.83. The lowest BCUT2D eigenvalue weighted by atomic mass is 9.95. The molecule has 1 atom stereocenters. The number of rotatable bonds is 13. The van der Waals surface area contributed by atoms with Crippen molar-refractivity contribution < 1.29 is 28.1 Å². The van der Waals surface area contributed by atoms with Gasteiger partial charge in [0, 0.05) is 29.7 Å². The Morgan fingerprint density at radius 2 is 1.52 bits per heavy atom. The lowest BCUT2D eigenvalue weighted by molar-refractivity contribution is -0.126. The second-order valence-corrected chi connectivity index (χ2v) is 8.33. The van der Waals surface area contributed by atoms with Crippen LogP contribution in [0.3, 0.4) is 0 Å². The molecule has 0 radical (unpaired) electrons. The van der Waals surface area contributed by atoms with Crippen molar-refractivity contribution in [3.05, 3.63) is 47.3 Å². The first kappa shape index (κ1) is 24.9. The molecule has 0 spiro atoms. The zero-order valence-corrected chi connectivity index (χ0v) is 20.0. The van der Waals surface area contributed by atoms with Crippen LogP contribution >= 0.6 is 0 Å². The Hall–Kier alpha value is -2.76. The summed E-state index contributed by atoms with van der Waals surface area (Å²) in [5, 5.41) is 0. The molecule has 0 aliphatic carbocycles. The molecule has 0 saturated carbocycles. The molecule has 1 aliphatic heterocycles. The molecule has 0 aromatic heterocycles. The van der Waals surface area contributed by atoms with Gasteiger partial charge in [-0.3, -0.25) is 4.79 Å². The van der Waals surface area contributed by atoms with Gasteiger partial charge >= 0.3 is 0 Å². The molecule has 0 saturated heterocycles. The summed E-state index contributed by atoms with van der Waals surface area (Å²) in [4.78, 5) is 13.0. The zero-order valence-electron chi connectivity index (χ0n) is 20.0. The summed E-state index contributed by atoms with van der Waals surface area (Å²) in [7, 11) is 0. The summed E-state index contributed by atoms with van der Waals surface area (Å²) in [6.45, 7) is 7.86. The SMILES string of the molecule is CCCCOc1cc(OCCCC)c2c(c1)OC(c1ccc(OCCCC)c(F)c1)C(=O)C2. The maximum atomic E-state index is 14.6. The standard InChI is InChI=1S/C27H35FO5/c1-4-7-12-30-20-16-25(32-14-9-6-3)21-18-23(29)27(33-26(21)17-20)19-10-11-24(22(28)15-19)31-13-8-5-2/h10-11,15-17,27H,4-9,12-14,18H2,1-3H3. The second kappa shape index (κ2) is 12.5. The number of ether oxygens (including phenoxy) is 4. The number of hydrogen-bond acceptors (Lipinski definition) is 5. The third kappa shape index (κ3) is 6.62. The molecule has 3 rings (SSSR count). The van der Waals surface area contributed by atoms with Crippen LogP contribution in [0.1, 0.15) is 76.5 Å². The molecule has 0 amide bonds. The van der Waals surface area contributed by atoms with Crippen LogP contribution in [-0.2, 0) is 11.2 Å². The van der Waals surface area contributed by atoms with Crippen molar-refractivity contribution in [2.45, 2.75) is 71.8 Å². The van der Waals surface area contributed by atoms with Gasteiger partial charge in [0.25, 0.3) is 0 Å². The fourth-order valence-electron chi connectivity index (χ4n) is 3.59. The summed E-state index contributed by atoms with van der Waals surface area (Å²) >= 11 is 0. The van der Waals surface area contributed by atoms with Crippen LogP contribution in [-0.4, -0.2) is 25.6 Å². The van der Waals surface area contributed by atoms with Crippen molar-refractivity contribution in [1.82, 2.24) is 0 Å². The summed E-state index contributed by atoms with van der Waals surface area (Å²) in [6, 6.07) is 8.22. The van der Waals surface area contributed by atoms with Gasteiger partial charge in [0.2, 0.25) is 0 Å². The van der Waals surface area contributed by atoms with Crippen LogP contribution in [0, 0.1) is 5.82 Å². The highest BCUT2D eigenvalue weighted by atomic mass is 19.1. The van der Waals surface area contributed by atoms with Gasteiger partial charge in [-0.15, -0.1) is 0 Å². The van der Waals surface area contributed by atoms with Gasteiger partial charge in [0.15, 0.2) is 23.5 Å². The number of unbranched alkanes of at least 4 members (excludes halogenated alkanes) is 3. The molecule has 5 nitrogen and oxygen atoms in total. The van der Waals surface area contributed by atoms with Crippen LogP contribution < -0.4 is 18.9 Å². The predicted molar refractivity (Wildman–Crippen MR) is 126 cm³/mol. The van der Waals surface area contributed by atoms with E-state index >= 15 is 0 Å². The summed E-state index contributed by atoms with van der Waals surface area (Å²) in [6.07, 6.45) is 5.00. The van der Waals surface area contributed by atoms with Crippen molar-refractivity contribution in [1.29, 1.82) is 0 Å². The number of Topliss-reactive ketones (excluding diaryl/α,β-unsaturated/α-hetero) is 1. The first-order chi connectivity index (χ1) is 16.1. The van der Waals surface area contributed by atoms with Crippen molar-refractivity contribution >= 4 is 5.78 Å². The Labute approximate surface area is 196 Å². The van der Waals surface area contributed by atoms with Gasteiger partial charge in [0.1, 0.15) is 17.2 Å². The number of halogens is 1. The van der Waals surface area contributed by atoms with Gasteiger partial charge in [-0.05, 0) is 31.4 Å². The normalized spacial score (nSPS) is 15.0. The fraction of sp³-hybridized carbons (Fsp3) is 0.519. The molecule has 180 valence electrons. The number of ketones is 1. The van der Waals surface area contributed by atoms with Gasteiger partial charge < -0.3 is 18.9 Å². The molecule has 33 heavy (non-hydrogen) atoms. The monoisotopic (exact) mass is 458 g/mol. The van der Waals surface area contributed by atoms with E-state index in [2.05, 4.69) is 13.8 Å². The Bertz CT molecular complexity index is 927. The van der Waals surface area contributed by atoms with Crippen LogP contribution in [0.25, 0.3) is 0 Å². The van der Waals surface area contributed by atoms with Crippen LogP contribution in [0.15, 0.2) is 30.3 Å². The number of carbonyl (C=O) groups is 1. The molecular weight excluding hydrogens is 423 g/mol. The van der Waals surface area contributed by atoms with E-state index in [1.54, 1.807) is 18.2 Å². The topological polar surface area (TPSA) is 54.0 Å². The highest BCUT2D eigenvalue weighted by Crippen LogP contribution is 2.41. The number of carbonyl (C=O) groups excluding carboxylic acids is 1. The Kier molecular flexibility index (Phi) is 9.40. The average Bonchev–Trinajstić information content (AvgIpc) is 2.80. The van der Waals surface area contributed by atoms with Gasteiger partial charge in [0.05, 0.1) is 19.8 Å². The van der Waals surface area contributed by atoms with Crippen molar-refractivity contribution in [2.75, 3.05) is 19.8 Å². The molecular formula is C27H35FO5. The minimum Gasteiger partial charge on any atom is -0.493 e. The highest BCUT2D eigenvalue weighted by molar-refractivity contribution is 5.89. The van der Waals surface area contributed by atoms with E-state index in [0.29, 0.717) is 42.6 Å². The Morgan fingerprint density at radius 3 is 2.15 bits per heavy atom. The van der Waals surface area contributed by atoms with Crippen molar-refractivity contribution in [3.8, 4) is 23.0 Å². The lowest BCUT2D eigenvalue weighted by Crippen LogP contribution is -2.26. The number of fused-ring (bicyclic) bond motifs is 1. The van der Waals surface area contributed by atoms with Gasteiger partial charge in [-0.25, -0.2) is 4.39 Å². The van der Waals surface area contributed by atoms with E-state index in [9.17, 15) is 9.18 Å². The quantitative estimate of drug-likeness (QED) is 0.316. The largest absolute Gasteiger partial charge is 0.493 e. The fourth-order valence-corrected chi connectivity index (χ4v) is 3.59. The molecule has 0 fully saturated rings. The molecule has 1 heterocycles. The zero-order chi connectivity index (χ0) is 23.6. The molecule has 2 aromatic carbocycles.